The maximum atomic E-state index is 11.0. The van der Waals surface area contributed by atoms with Crippen molar-refractivity contribution < 1.29 is 10.0 Å². The van der Waals surface area contributed by atoms with Gasteiger partial charge in [-0.2, -0.15) is 0 Å². The fourth-order valence-electron chi connectivity index (χ4n) is 2.54. The van der Waals surface area contributed by atoms with Crippen LogP contribution in [0.25, 0.3) is 0 Å². The van der Waals surface area contributed by atoms with E-state index in [0.29, 0.717) is 22.2 Å². The third kappa shape index (κ3) is 5.46. The van der Waals surface area contributed by atoms with Gasteiger partial charge in [0.15, 0.2) is 0 Å². The number of phenolic OH excluding ortho intramolecular Hbond substituents is 1. The van der Waals surface area contributed by atoms with E-state index in [2.05, 4.69) is 37.6 Å². The zero-order valence-corrected chi connectivity index (χ0v) is 17.6. The van der Waals surface area contributed by atoms with Gasteiger partial charge in [-0.05, 0) is 46.8 Å². The van der Waals surface area contributed by atoms with E-state index in [4.69, 9.17) is 0 Å². The molecule has 0 bridgehead atoms. The molecule has 0 spiro atoms. The van der Waals surface area contributed by atoms with Gasteiger partial charge in [0, 0.05) is 31.1 Å². The molecule has 0 aliphatic carbocycles. The molecule has 2 N–H and O–H groups in total. The SMILES string of the molecule is CC[Si](C#CCCNCc1c(O)ccc([N+](=O)[O-])c1I)(CC)CC. The van der Waals surface area contributed by atoms with Crippen molar-refractivity contribution in [2.75, 3.05) is 6.54 Å². The molecule has 0 aliphatic rings. The monoisotopic (exact) mass is 460 g/mol. The maximum Gasteiger partial charge on any atom is 0.283 e. The number of nitro groups is 1. The Balaban J connectivity index is 2.61. The Morgan fingerprint density at radius 2 is 1.92 bits per heavy atom. The van der Waals surface area contributed by atoms with E-state index < -0.39 is 13.0 Å². The van der Waals surface area contributed by atoms with E-state index in [-0.39, 0.29) is 11.4 Å². The smallest absolute Gasteiger partial charge is 0.283 e. The van der Waals surface area contributed by atoms with E-state index in [1.54, 1.807) is 0 Å². The van der Waals surface area contributed by atoms with Crippen LogP contribution in [0, 0.1) is 25.1 Å². The van der Waals surface area contributed by atoms with E-state index >= 15 is 0 Å². The molecular weight excluding hydrogens is 435 g/mol. The number of benzene rings is 1. The minimum Gasteiger partial charge on any atom is -0.508 e. The van der Waals surface area contributed by atoms with Crippen molar-refractivity contribution in [2.24, 2.45) is 0 Å². The van der Waals surface area contributed by atoms with Crippen molar-refractivity contribution in [3.05, 3.63) is 31.4 Å². The van der Waals surface area contributed by atoms with Gasteiger partial charge in [-0.3, -0.25) is 10.1 Å². The summed E-state index contributed by atoms with van der Waals surface area (Å²) in [7, 11) is -1.38. The number of rotatable bonds is 8. The zero-order valence-electron chi connectivity index (χ0n) is 14.5. The molecule has 0 heterocycles. The molecule has 132 valence electrons. The number of halogens is 1. The molecule has 0 radical (unpaired) electrons. The van der Waals surface area contributed by atoms with Crippen LogP contribution < -0.4 is 5.32 Å². The van der Waals surface area contributed by atoms with Crippen LogP contribution in [0.5, 0.6) is 5.75 Å². The van der Waals surface area contributed by atoms with Crippen molar-refractivity contribution in [3.8, 4) is 17.2 Å². The van der Waals surface area contributed by atoms with Crippen molar-refractivity contribution in [3.63, 3.8) is 0 Å². The van der Waals surface area contributed by atoms with Crippen LogP contribution in [-0.2, 0) is 6.54 Å². The predicted octanol–water partition coefficient (Wildman–Crippen LogP) is 4.44. The number of nitrogens with one attached hydrogen (secondary N) is 1. The highest BCUT2D eigenvalue weighted by Crippen LogP contribution is 2.30. The quantitative estimate of drug-likeness (QED) is 0.150. The zero-order chi connectivity index (χ0) is 18.2. The third-order valence-corrected chi connectivity index (χ3v) is 10.5. The Morgan fingerprint density at radius 3 is 2.46 bits per heavy atom. The van der Waals surface area contributed by atoms with E-state index in [0.717, 1.165) is 6.42 Å². The maximum absolute atomic E-state index is 11.0. The van der Waals surface area contributed by atoms with E-state index in [1.807, 2.05) is 22.6 Å². The second-order valence-electron chi connectivity index (χ2n) is 5.72. The van der Waals surface area contributed by atoms with Gasteiger partial charge in [0.1, 0.15) is 13.8 Å². The van der Waals surface area contributed by atoms with Crippen LogP contribution in [0.1, 0.15) is 32.8 Å². The predicted molar refractivity (Wildman–Crippen MR) is 109 cm³/mol. The first-order chi connectivity index (χ1) is 11.4. The first-order valence-corrected chi connectivity index (χ1v) is 12.0. The van der Waals surface area contributed by atoms with Crippen LogP contribution in [0.2, 0.25) is 18.1 Å². The van der Waals surface area contributed by atoms with Crippen molar-refractivity contribution >= 4 is 36.4 Å². The molecule has 24 heavy (non-hydrogen) atoms. The van der Waals surface area contributed by atoms with Gasteiger partial charge < -0.3 is 10.4 Å². The minimum absolute atomic E-state index is 0.0228. The molecule has 0 fully saturated rings. The molecule has 7 heteroatoms. The van der Waals surface area contributed by atoms with Crippen molar-refractivity contribution in [1.29, 1.82) is 0 Å². The molecule has 0 saturated heterocycles. The van der Waals surface area contributed by atoms with Gasteiger partial charge in [-0.25, -0.2) is 0 Å². The second kappa shape index (κ2) is 10.0. The summed E-state index contributed by atoms with van der Waals surface area (Å²) in [5.41, 5.74) is 4.13. The molecule has 0 amide bonds. The topological polar surface area (TPSA) is 75.4 Å². The molecule has 0 unspecified atom stereocenters. The highest BCUT2D eigenvalue weighted by Gasteiger charge is 2.23. The Kier molecular flexibility index (Phi) is 8.73. The van der Waals surface area contributed by atoms with Gasteiger partial charge in [0.25, 0.3) is 5.69 Å². The van der Waals surface area contributed by atoms with Crippen LogP contribution in [-0.4, -0.2) is 24.6 Å². The van der Waals surface area contributed by atoms with Crippen LogP contribution in [0.3, 0.4) is 0 Å². The third-order valence-electron chi connectivity index (χ3n) is 4.51. The van der Waals surface area contributed by atoms with Gasteiger partial charge in [0.05, 0.1) is 8.49 Å². The molecular formula is C17H25IN2O3Si. The molecule has 1 rings (SSSR count). The fourth-order valence-corrected chi connectivity index (χ4v) is 5.91. The van der Waals surface area contributed by atoms with Gasteiger partial charge in [0.2, 0.25) is 0 Å². The Bertz CT molecular complexity index is 628. The lowest BCUT2D eigenvalue weighted by Crippen LogP contribution is -2.29. The Labute approximate surface area is 158 Å². The number of phenols is 1. The summed E-state index contributed by atoms with van der Waals surface area (Å²) in [6.45, 7) is 7.80. The van der Waals surface area contributed by atoms with Crippen molar-refractivity contribution in [1.82, 2.24) is 5.32 Å². The highest BCUT2D eigenvalue weighted by molar-refractivity contribution is 14.1. The lowest BCUT2D eigenvalue weighted by Gasteiger charge is -2.20. The van der Waals surface area contributed by atoms with Gasteiger partial charge >= 0.3 is 0 Å². The van der Waals surface area contributed by atoms with Crippen LogP contribution in [0.15, 0.2) is 12.1 Å². The Morgan fingerprint density at radius 1 is 1.29 bits per heavy atom. The Hall–Kier alpha value is -1.11. The van der Waals surface area contributed by atoms with Crippen LogP contribution >= 0.6 is 22.6 Å². The summed E-state index contributed by atoms with van der Waals surface area (Å²) >= 11 is 1.91. The fraction of sp³-hybridized carbons (Fsp3) is 0.529. The first-order valence-electron chi connectivity index (χ1n) is 8.26. The number of aromatic hydroxyl groups is 1. The minimum atomic E-state index is -1.38. The first kappa shape index (κ1) is 20.9. The summed E-state index contributed by atoms with van der Waals surface area (Å²) < 4.78 is 0.477. The van der Waals surface area contributed by atoms with Gasteiger partial charge in [-0.1, -0.05) is 20.8 Å². The molecule has 5 nitrogen and oxygen atoms in total. The molecule has 0 saturated carbocycles. The highest BCUT2D eigenvalue weighted by atomic mass is 127. The van der Waals surface area contributed by atoms with E-state index in [9.17, 15) is 15.2 Å². The number of nitrogens with zero attached hydrogens (tertiary/aromatic N) is 1. The number of hydrogen-bond donors (Lipinski definition) is 2. The summed E-state index contributed by atoms with van der Waals surface area (Å²) in [5.74, 6) is 3.38. The average Bonchev–Trinajstić information content (AvgIpc) is 2.57. The molecule has 0 aromatic heterocycles. The number of hydrogen-bond acceptors (Lipinski definition) is 4. The molecule has 1 aromatic rings. The van der Waals surface area contributed by atoms with Gasteiger partial charge in [-0.15, -0.1) is 11.5 Å². The lowest BCUT2D eigenvalue weighted by atomic mass is 10.1. The normalized spacial score (nSPS) is 11.0. The summed E-state index contributed by atoms with van der Waals surface area (Å²) in [6, 6.07) is 6.29. The molecule has 0 atom stereocenters. The molecule has 0 aliphatic heterocycles. The van der Waals surface area contributed by atoms with Crippen molar-refractivity contribution in [2.45, 2.75) is 51.9 Å². The average molecular weight is 460 g/mol. The number of nitro benzene ring substituents is 1. The standard InChI is InChI=1S/C17H25IN2O3Si/c1-4-24(5-2,6-3)12-8-7-11-19-13-14-16(21)10-9-15(17(14)18)20(22)23/h9-10,19,21H,4-7,11,13H2,1-3H3. The largest absolute Gasteiger partial charge is 0.508 e. The van der Waals surface area contributed by atoms with Crippen LogP contribution in [0.4, 0.5) is 5.69 Å². The summed E-state index contributed by atoms with van der Waals surface area (Å²) in [6.07, 6.45) is 0.751. The lowest BCUT2D eigenvalue weighted by molar-refractivity contribution is -0.385. The summed E-state index contributed by atoms with van der Waals surface area (Å²) in [4.78, 5) is 10.5. The second-order valence-corrected chi connectivity index (χ2v) is 11.7. The molecule has 1 aromatic carbocycles. The van der Waals surface area contributed by atoms with E-state index in [1.165, 1.54) is 30.3 Å². The summed E-state index contributed by atoms with van der Waals surface area (Å²) in [5, 5.41) is 24.1.